The molecule has 0 amide bonds. The van der Waals surface area contributed by atoms with Crippen molar-refractivity contribution in [2.75, 3.05) is 26.9 Å². The van der Waals surface area contributed by atoms with Crippen LogP contribution in [-0.4, -0.2) is 103 Å². The van der Waals surface area contributed by atoms with E-state index in [1.165, 1.54) is 13.2 Å². The molecule has 0 aromatic heterocycles. The van der Waals surface area contributed by atoms with Gasteiger partial charge in [0.1, 0.15) is 6.10 Å². The molecule has 4 bridgehead atoms. The zero-order chi connectivity index (χ0) is 43.5. The minimum atomic E-state index is -2.28. The highest BCUT2D eigenvalue weighted by molar-refractivity contribution is 5.83. The number of benzene rings is 1. The lowest BCUT2D eigenvalue weighted by Crippen LogP contribution is -2.62. The van der Waals surface area contributed by atoms with Gasteiger partial charge in [0, 0.05) is 37.4 Å². The van der Waals surface area contributed by atoms with Crippen molar-refractivity contribution in [2.45, 2.75) is 173 Å². The van der Waals surface area contributed by atoms with Gasteiger partial charge in [-0.05, 0) is 60.9 Å². The molecule has 13 nitrogen and oxygen atoms in total. The van der Waals surface area contributed by atoms with E-state index in [1.54, 1.807) is 26.0 Å². The summed E-state index contributed by atoms with van der Waals surface area (Å²) in [5.74, 6) is -4.31. The average molecular weight is 843 g/mol. The standard InChI is InChI=1S/C47H70O13/c1-6-8-10-12-14-19-41(50)59-45-35(28-42(51)54-5)27-38-30-39(32-48)57-43(52)29-36(49)21-24-55-40(34-18-15-17-33(26-34)16-13-11-9-7-2)31-37-22-25-56-44(58-37)20-23-46(3,4)47(45,53)60-38/h13,15-18,20,23,26,28,36-40,44-45,48-49,53H,6-12,14,19,21-22,24-25,27,29-32H2,1-5H3/b16-13+,23-20+,35-28+/t36-,37+,38+,39?,40+,44+,45+,47-/m1/s1. The average Bonchev–Trinajstić information content (AvgIpc) is 3.22. The summed E-state index contributed by atoms with van der Waals surface area (Å²) < 4.78 is 42.0. The molecule has 4 rings (SSSR count). The third-order valence-corrected chi connectivity index (χ3v) is 11.4. The molecule has 0 radical (unpaired) electrons. The number of allylic oxidation sites excluding steroid dienone is 1. The minimum absolute atomic E-state index is 0.0184. The second-order valence-electron chi connectivity index (χ2n) is 16.8. The van der Waals surface area contributed by atoms with Crippen LogP contribution in [0.4, 0.5) is 0 Å². The lowest BCUT2D eigenvalue weighted by molar-refractivity contribution is -0.327. The van der Waals surface area contributed by atoms with Crippen LogP contribution in [0.1, 0.15) is 141 Å². The van der Waals surface area contributed by atoms with Crippen LogP contribution in [0.25, 0.3) is 6.08 Å². The van der Waals surface area contributed by atoms with Crippen molar-refractivity contribution in [3.8, 4) is 0 Å². The number of rotatable bonds is 14. The van der Waals surface area contributed by atoms with Crippen LogP contribution in [0.3, 0.4) is 0 Å². The topological polar surface area (TPSA) is 177 Å². The Hall–Kier alpha value is -3.43. The van der Waals surface area contributed by atoms with Crippen LogP contribution >= 0.6 is 0 Å². The van der Waals surface area contributed by atoms with E-state index in [1.807, 2.05) is 18.2 Å². The third kappa shape index (κ3) is 15.2. The Morgan fingerprint density at radius 2 is 1.73 bits per heavy atom. The van der Waals surface area contributed by atoms with Crippen LogP contribution in [0.15, 0.2) is 54.1 Å². The van der Waals surface area contributed by atoms with E-state index in [0.717, 1.165) is 56.1 Å². The lowest BCUT2D eigenvalue weighted by atomic mass is 9.74. The molecule has 8 atom stereocenters. The molecule has 3 N–H and O–H groups in total. The van der Waals surface area contributed by atoms with Crippen molar-refractivity contribution in [3.05, 3.63) is 65.3 Å². The summed E-state index contributed by atoms with van der Waals surface area (Å²) >= 11 is 0. The fraction of sp³-hybridized carbons (Fsp3) is 0.681. The number of unbranched alkanes of at least 4 members (excludes halogenated alkanes) is 6. The summed E-state index contributed by atoms with van der Waals surface area (Å²) in [6.07, 6.45) is 11.4. The van der Waals surface area contributed by atoms with Crippen molar-refractivity contribution >= 4 is 24.0 Å². The van der Waals surface area contributed by atoms with E-state index in [2.05, 4.69) is 32.1 Å². The summed E-state index contributed by atoms with van der Waals surface area (Å²) in [5.41, 5.74) is 0.890. The van der Waals surface area contributed by atoms with Crippen molar-refractivity contribution in [1.82, 2.24) is 0 Å². The van der Waals surface area contributed by atoms with E-state index in [-0.39, 0.29) is 50.4 Å². The molecule has 2 fully saturated rings. The summed E-state index contributed by atoms with van der Waals surface area (Å²) in [4.78, 5) is 39.3. The van der Waals surface area contributed by atoms with Gasteiger partial charge in [-0.1, -0.05) is 103 Å². The zero-order valence-electron chi connectivity index (χ0n) is 36.4. The maximum Gasteiger partial charge on any atom is 0.330 e. The van der Waals surface area contributed by atoms with Gasteiger partial charge in [-0.2, -0.15) is 0 Å². The molecule has 3 aliphatic heterocycles. The molecular formula is C47H70O13. The number of aliphatic hydroxyl groups excluding tert-OH is 2. The Kier molecular flexibility index (Phi) is 20.4. The van der Waals surface area contributed by atoms with Crippen molar-refractivity contribution < 1.29 is 62.9 Å². The van der Waals surface area contributed by atoms with Gasteiger partial charge in [0.2, 0.25) is 5.79 Å². The van der Waals surface area contributed by atoms with Crippen LogP contribution in [0.5, 0.6) is 0 Å². The van der Waals surface area contributed by atoms with Gasteiger partial charge >= 0.3 is 17.9 Å². The third-order valence-electron chi connectivity index (χ3n) is 11.4. The first-order valence-corrected chi connectivity index (χ1v) is 22.0. The molecule has 1 unspecified atom stereocenters. The second kappa shape index (κ2) is 24.9. The number of carbonyl (C=O) groups is 3. The zero-order valence-corrected chi connectivity index (χ0v) is 36.4. The van der Waals surface area contributed by atoms with Gasteiger partial charge in [0.05, 0.1) is 51.2 Å². The minimum Gasteiger partial charge on any atom is -0.466 e. The molecule has 3 aliphatic rings. The molecule has 3 heterocycles. The SMILES string of the molecule is CCCC/C=C/c1cccc([C@@H]2C[C@@H]3CCO[C@H](/C=C/C(C)(C)[C@]4(O)O[C@@H](C/C(=C\C(=O)OC)[C@@H]4OC(=O)CCCCCCC)CC(CO)OC(=O)C[C@H](O)CCO2)O3)c1. The first kappa shape index (κ1) is 49.2. The van der Waals surface area contributed by atoms with E-state index >= 15 is 0 Å². The van der Waals surface area contributed by atoms with E-state index in [0.29, 0.717) is 25.9 Å². The van der Waals surface area contributed by atoms with Gasteiger partial charge in [0.15, 0.2) is 12.4 Å². The number of hydrogen-bond donors (Lipinski definition) is 3. The fourth-order valence-corrected chi connectivity index (χ4v) is 7.76. The number of ether oxygens (including phenoxy) is 7. The van der Waals surface area contributed by atoms with Crippen molar-refractivity contribution in [1.29, 1.82) is 0 Å². The molecule has 1 aromatic rings. The van der Waals surface area contributed by atoms with Gasteiger partial charge < -0.3 is 48.5 Å². The van der Waals surface area contributed by atoms with Gasteiger partial charge in [-0.15, -0.1) is 0 Å². The van der Waals surface area contributed by atoms with E-state index in [4.69, 9.17) is 33.2 Å². The number of methoxy groups -OCH3 is 1. The van der Waals surface area contributed by atoms with Gasteiger partial charge in [-0.3, -0.25) is 9.59 Å². The second-order valence-corrected chi connectivity index (χ2v) is 16.8. The largest absolute Gasteiger partial charge is 0.466 e. The fourth-order valence-electron chi connectivity index (χ4n) is 7.76. The maximum absolute atomic E-state index is 13.4. The van der Waals surface area contributed by atoms with Crippen LogP contribution in [-0.2, 0) is 47.5 Å². The summed E-state index contributed by atoms with van der Waals surface area (Å²) in [6, 6.07) is 8.12. The first-order chi connectivity index (χ1) is 28.8. The monoisotopic (exact) mass is 842 g/mol. The summed E-state index contributed by atoms with van der Waals surface area (Å²) in [5, 5.41) is 34.0. The smallest absolute Gasteiger partial charge is 0.330 e. The predicted molar refractivity (Wildman–Crippen MR) is 225 cm³/mol. The number of hydrogen-bond acceptors (Lipinski definition) is 13. The molecule has 2 saturated heterocycles. The Bertz CT molecular complexity index is 1590. The highest BCUT2D eigenvalue weighted by atomic mass is 16.7. The summed E-state index contributed by atoms with van der Waals surface area (Å²) in [6.45, 7) is 7.66. The van der Waals surface area contributed by atoms with Crippen LogP contribution < -0.4 is 0 Å². The maximum atomic E-state index is 13.4. The summed E-state index contributed by atoms with van der Waals surface area (Å²) in [7, 11) is 1.22. The number of cyclic esters (lactones) is 1. The number of aliphatic hydroxyl groups is 3. The molecule has 60 heavy (non-hydrogen) atoms. The van der Waals surface area contributed by atoms with Gasteiger partial charge in [-0.25, -0.2) is 4.79 Å². The van der Waals surface area contributed by atoms with Crippen LogP contribution in [0, 0.1) is 5.41 Å². The first-order valence-electron chi connectivity index (χ1n) is 22.0. The highest BCUT2D eigenvalue weighted by Gasteiger charge is 2.57. The Morgan fingerprint density at radius 1 is 0.967 bits per heavy atom. The molecular weight excluding hydrogens is 773 g/mol. The quantitative estimate of drug-likeness (QED) is 0.0558. The van der Waals surface area contributed by atoms with E-state index < -0.39 is 72.5 Å². The molecule has 336 valence electrons. The number of fused-ring (bicyclic) bond motifs is 4. The predicted octanol–water partition coefficient (Wildman–Crippen LogP) is 7.35. The van der Waals surface area contributed by atoms with Gasteiger partial charge in [0.25, 0.3) is 0 Å². The Labute approximate surface area is 356 Å². The Balaban J connectivity index is 1.69. The molecule has 13 heteroatoms. The molecule has 0 aliphatic carbocycles. The molecule has 0 saturated carbocycles. The number of carbonyl (C=O) groups excluding carboxylic acids is 3. The molecule has 0 spiro atoms. The molecule has 1 aromatic carbocycles. The van der Waals surface area contributed by atoms with Crippen molar-refractivity contribution in [3.63, 3.8) is 0 Å². The van der Waals surface area contributed by atoms with Crippen LogP contribution in [0.2, 0.25) is 0 Å². The lowest BCUT2D eigenvalue weighted by Gasteiger charge is -2.51. The number of esters is 3. The normalized spacial score (nSPS) is 30.6. The van der Waals surface area contributed by atoms with E-state index in [9.17, 15) is 29.7 Å². The highest BCUT2D eigenvalue weighted by Crippen LogP contribution is 2.47. The Morgan fingerprint density at radius 3 is 2.48 bits per heavy atom. The van der Waals surface area contributed by atoms with Crippen molar-refractivity contribution in [2.24, 2.45) is 5.41 Å².